The first-order chi connectivity index (χ1) is 14.0. The molecule has 0 bridgehead atoms. The van der Waals surface area contributed by atoms with Crippen LogP contribution in [0.15, 0.2) is 30.3 Å². The van der Waals surface area contributed by atoms with E-state index in [9.17, 15) is 4.79 Å². The van der Waals surface area contributed by atoms with Crippen LogP contribution >= 0.6 is 0 Å². The van der Waals surface area contributed by atoms with Gasteiger partial charge in [0.15, 0.2) is 0 Å². The van der Waals surface area contributed by atoms with Crippen molar-refractivity contribution in [3.63, 3.8) is 0 Å². The number of ether oxygens (including phenoxy) is 1. The van der Waals surface area contributed by atoms with E-state index in [1.807, 2.05) is 56.4 Å². The quantitative estimate of drug-likeness (QED) is 0.738. The molecule has 1 aromatic heterocycles. The van der Waals surface area contributed by atoms with Crippen LogP contribution in [0.5, 0.6) is 5.75 Å². The number of benzene rings is 1. The van der Waals surface area contributed by atoms with Gasteiger partial charge in [-0.05, 0) is 43.5 Å². The highest BCUT2D eigenvalue weighted by atomic mass is 16.5. The normalized spacial score (nSPS) is 15.9. The number of rotatable bonds is 8. The summed E-state index contributed by atoms with van der Waals surface area (Å²) in [5.41, 5.74) is 1.99. The van der Waals surface area contributed by atoms with Crippen LogP contribution in [0, 0.1) is 0 Å². The van der Waals surface area contributed by atoms with Crippen LogP contribution in [0.2, 0.25) is 0 Å². The standard InChI is InChI=1S/C22H31N5O2/c1-26(2)20-14-17(24-22(25-20)19-6-5-13-23-19)15-27(3)21(28)12-9-16-7-10-18(29-4)11-8-16/h7-8,10-11,14,19,23H,5-6,9,12-13,15H2,1-4H3/t19-/m1/s1. The van der Waals surface area contributed by atoms with Gasteiger partial charge in [0, 0.05) is 33.6 Å². The fourth-order valence-electron chi connectivity index (χ4n) is 3.44. The third-order valence-electron chi connectivity index (χ3n) is 5.22. The molecule has 1 atom stereocenters. The molecule has 2 aromatic rings. The average Bonchev–Trinajstić information content (AvgIpc) is 3.27. The van der Waals surface area contributed by atoms with E-state index in [4.69, 9.17) is 14.7 Å². The molecule has 0 saturated carbocycles. The summed E-state index contributed by atoms with van der Waals surface area (Å²) in [6.07, 6.45) is 3.36. The van der Waals surface area contributed by atoms with Gasteiger partial charge in [-0.15, -0.1) is 0 Å². The molecule has 0 aliphatic carbocycles. The molecule has 29 heavy (non-hydrogen) atoms. The van der Waals surface area contributed by atoms with Crippen molar-refractivity contribution in [2.24, 2.45) is 0 Å². The zero-order valence-corrected chi connectivity index (χ0v) is 17.8. The summed E-state index contributed by atoms with van der Waals surface area (Å²) in [4.78, 5) is 25.8. The minimum Gasteiger partial charge on any atom is -0.497 e. The Morgan fingerprint density at radius 3 is 2.59 bits per heavy atom. The number of nitrogens with one attached hydrogen (secondary N) is 1. The molecule has 7 nitrogen and oxygen atoms in total. The maximum atomic E-state index is 12.6. The van der Waals surface area contributed by atoms with E-state index in [1.54, 1.807) is 12.0 Å². The van der Waals surface area contributed by atoms with Crippen LogP contribution in [0.3, 0.4) is 0 Å². The topological polar surface area (TPSA) is 70.6 Å². The predicted molar refractivity (Wildman–Crippen MR) is 114 cm³/mol. The van der Waals surface area contributed by atoms with Crippen LogP contribution in [-0.4, -0.2) is 55.6 Å². The summed E-state index contributed by atoms with van der Waals surface area (Å²) in [5.74, 6) is 2.62. The molecule has 7 heteroatoms. The number of aromatic nitrogens is 2. The Morgan fingerprint density at radius 1 is 1.21 bits per heavy atom. The number of anilines is 1. The molecular weight excluding hydrogens is 366 g/mol. The molecule has 2 heterocycles. The second kappa shape index (κ2) is 9.69. The molecule has 1 saturated heterocycles. The molecule has 0 radical (unpaired) electrons. The molecule has 0 unspecified atom stereocenters. The van der Waals surface area contributed by atoms with E-state index in [1.165, 1.54) is 0 Å². The van der Waals surface area contributed by atoms with Crippen molar-refractivity contribution in [1.82, 2.24) is 20.2 Å². The van der Waals surface area contributed by atoms with Crippen LogP contribution < -0.4 is 15.0 Å². The van der Waals surface area contributed by atoms with E-state index >= 15 is 0 Å². The maximum absolute atomic E-state index is 12.6. The van der Waals surface area contributed by atoms with Crippen molar-refractivity contribution in [1.29, 1.82) is 0 Å². The largest absolute Gasteiger partial charge is 0.497 e. The second-order valence-electron chi connectivity index (χ2n) is 7.72. The molecular formula is C22H31N5O2. The van der Waals surface area contributed by atoms with Crippen LogP contribution in [0.4, 0.5) is 5.82 Å². The van der Waals surface area contributed by atoms with E-state index in [2.05, 4.69) is 5.32 Å². The highest BCUT2D eigenvalue weighted by molar-refractivity contribution is 5.76. The van der Waals surface area contributed by atoms with Crippen molar-refractivity contribution >= 4 is 11.7 Å². The SMILES string of the molecule is COc1ccc(CCC(=O)N(C)Cc2cc(N(C)C)nc([C@H]3CCCN3)n2)cc1. The van der Waals surface area contributed by atoms with Crippen LogP contribution in [0.25, 0.3) is 0 Å². The molecule has 1 aliphatic heterocycles. The number of aryl methyl sites for hydroxylation is 1. The summed E-state index contributed by atoms with van der Waals surface area (Å²) in [5, 5.41) is 3.46. The number of amides is 1. The van der Waals surface area contributed by atoms with Crippen LogP contribution in [0.1, 0.15) is 42.4 Å². The Balaban J connectivity index is 1.63. The van der Waals surface area contributed by atoms with E-state index in [-0.39, 0.29) is 11.9 Å². The first-order valence-electron chi connectivity index (χ1n) is 10.1. The Bertz CT molecular complexity index is 816. The molecule has 1 aromatic carbocycles. The molecule has 1 aliphatic rings. The lowest BCUT2D eigenvalue weighted by Crippen LogP contribution is -2.28. The highest BCUT2D eigenvalue weighted by Gasteiger charge is 2.21. The summed E-state index contributed by atoms with van der Waals surface area (Å²) >= 11 is 0. The number of hydrogen-bond donors (Lipinski definition) is 1. The second-order valence-corrected chi connectivity index (χ2v) is 7.72. The van der Waals surface area contributed by atoms with E-state index in [0.717, 1.165) is 48.0 Å². The molecule has 1 fully saturated rings. The zero-order valence-electron chi connectivity index (χ0n) is 17.8. The Labute approximate surface area is 173 Å². The number of carbonyl (C=O) groups excluding carboxylic acids is 1. The van der Waals surface area contributed by atoms with Crippen molar-refractivity contribution in [2.45, 2.75) is 38.3 Å². The summed E-state index contributed by atoms with van der Waals surface area (Å²) in [6, 6.07) is 10.0. The lowest BCUT2D eigenvalue weighted by molar-refractivity contribution is -0.130. The van der Waals surface area contributed by atoms with E-state index in [0.29, 0.717) is 19.4 Å². The Morgan fingerprint density at radius 2 is 1.97 bits per heavy atom. The van der Waals surface area contributed by atoms with Gasteiger partial charge in [-0.25, -0.2) is 9.97 Å². The van der Waals surface area contributed by atoms with Gasteiger partial charge < -0.3 is 19.9 Å². The van der Waals surface area contributed by atoms with Gasteiger partial charge in [-0.2, -0.15) is 0 Å². The van der Waals surface area contributed by atoms with Crippen molar-refractivity contribution in [2.75, 3.05) is 39.7 Å². The summed E-state index contributed by atoms with van der Waals surface area (Å²) in [7, 11) is 7.43. The third-order valence-corrected chi connectivity index (χ3v) is 5.22. The highest BCUT2D eigenvalue weighted by Crippen LogP contribution is 2.23. The van der Waals surface area contributed by atoms with Gasteiger partial charge in [-0.3, -0.25) is 4.79 Å². The van der Waals surface area contributed by atoms with Gasteiger partial charge in [-0.1, -0.05) is 12.1 Å². The van der Waals surface area contributed by atoms with Gasteiger partial charge in [0.2, 0.25) is 5.91 Å². The molecule has 156 valence electrons. The lowest BCUT2D eigenvalue weighted by atomic mass is 10.1. The first kappa shape index (κ1) is 21.0. The van der Waals surface area contributed by atoms with Gasteiger partial charge >= 0.3 is 0 Å². The number of carbonyl (C=O) groups is 1. The monoisotopic (exact) mass is 397 g/mol. The minimum absolute atomic E-state index is 0.103. The summed E-state index contributed by atoms with van der Waals surface area (Å²) < 4.78 is 5.18. The Kier molecular flexibility index (Phi) is 7.04. The third kappa shape index (κ3) is 5.67. The molecule has 0 spiro atoms. The smallest absolute Gasteiger partial charge is 0.222 e. The number of hydrogen-bond acceptors (Lipinski definition) is 6. The number of nitrogens with zero attached hydrogens (tertiary/aromatic N) is 4. The fraction of sp³-hybridized carbons (Fsp3) is 0.500. The van der Waals surface area contributed by atoms with Crippen LogP contribution in [-0.2, 0) is 17.8 Å². The average molecular weight is 398 g/mol. The fourth-order valence-corrected chi connectivity index (χ4v) is 3.44. The van der Waals surface area contributed by atoms with Crippen molar-refractivity contribution < 1.29 is 9.53 Å². The molecule has 3 rings (SSSR count). The molecule has 1 N–H and O–H groups in total. The van der Waals surface area contributed by atoms with Crippen molar-refractivity contribution in [3.05, 3.63) is 47.4 Å². The first-order valence-corrected chi connectivity index (χ1v) is 10.1. The molecule has 1 amide bonds. The van der Waals surface area contributed by atoms with Gasteiger partial charge in [0.1, 0.15) is 17.4 Å². The predicted octanol–water partition coefficient (Wildman–Crippen LogP) is 2.57. The summed E-state index contributed by atoms with van der Waals surface area (Å²) in [6.45, 7) is 1.48. The van der Waals surface area contributed by atoms with Gasteiger partial charge in [0.05, 0.1) is 25.4 Å². The Hall–Kier alpha value is -2.67. The maximum Gasteiger partial charge on any atom is 0.222 e. The lowest BCUT2D eigenvalue weighted by Gasteiger charge is -2.20. The van der Waals surface area contributed by atoms with Crippen molar-refractivity contribution in [3.8, 4) is 5.75 Å². The van der Waals surface area contributed by atoms with Gasteiger partial charge in [0.25, 0.3) is 0 Å². The number of methoxy groups -OCH3 is 1. The van der Waals surface area contributed by atoms with E-state index < -0.39 is 0 Å². The zero-order chi connectivity index (χ0) is 20.8. The minimum atomic E-state index is 0.103.